The molecule has 152 valence electrons. The van der Waals surface area contributed by atoms with Gasteiger partial charge in [0.2, 0.25) is 5.88 Å². The number of aromatic nitrogens is 4. The van der Waals surface area contributed by atoms with Crippen molar-refractivity contribution in [2.45, 2.75) is 20.0 Å². The molecule has 7 nitrogen and oxygen atoms in total. The number of nitrogens with one attached hydrogen (secondary N) is 2. The number of hydrogen-bond donors (Lipinski definition) is 2. The molecule has 0 bridgehead atoms. The van der Waals surface area contributed by atoms with Gasteiger partial charge in [0, 0.05) is 29.2 Å². The van der Waals surface area contributed by atoms with Crippen LogP contribution in [0.25, 0.3) is 11.4 Å². The average molecular weight is 405 g/mol. The number of anilines is 1. The highest BCUT2D eigenvalue weighted by atomic mass is 19.4. The van der Waals surface area contributed by atoms with Crippen LogP contribution >= 0.6 is 0 Å². The van der Waals surface area contributed by atoms with E-state index < -0.39 is 17.6 Å². The second-order valence-corrected chi connectivity index (χ2v) is 6.19. The highest BCUT2D eigenvalue weighted by Gasteiger charge is 2.34. The summed E-state index contributed by atoms with van der Waals surface area (Å²) < 4.78 is 43.8. The Bertz CT molecular complexity index is 1050. The van der Waals surface area contributed by atoms with Gasteiger partial charge in [-0.2, -0.15) is 13.2 Å². The Morgan fingerprint density at radius 3 is 2.62 bits per heavy atom. The van der Waals surface area contributed by atoms with Crippen molar-refractivity contribution in [3.8, 4) is 17.3 Å². The van der Waals surface area contributed by atoms with Crippen molar-refractivity contribution in [1.82, 2.24) is 19.9 Å². The van der Waals surface area contributed by atoms with E-state index in [1.807, 2.05) is 0 Å². The zero-order valence-corrected chi connectivity index (χ0v) is 15.7. The maximum absolute atomic E-state index is 12.9. The van der Waals surface area contributed by atoms with Crippen LogP contribution < -0.4 is 15.6 Å². The van der Waals surface area contributed by atoms with Crippen LogP contribution in [0.15, 0.2) is 41.5 Å². The first-order chi connectivity index (χ1) is 13.8. The summed E-state index contributed by atoms with van der Waals surface area (Å²) in [6.45, 7) is 3.64. The quantitative estimate of drug-likeness (QED) is 0.611. The smallest absolute Gasteiger partial charge is 0.421 e. The predicted octanol–water partition coefficient (Wildman–Crippen LogP) is 3.35. The summed E-state index contributed by atoms with van der Waals surface area (Å²) in [6.07, 6.45) is -1.75. The minimum atomic E-state index is -4.53. The van der Waals surface area contributed by atoms with Crippen molar-refractivity contribution in [3.63, 3.8) is 0 Å². The molecule has 0 aliphatic carbocycles. The zero-order chi connectivity index (χ0) is 21.0. The van der Waals surface area contributed by atoms with Crippen LogP contribution in [0, 0.1) is 13.8 Å². The van der Waals surface area contributed by atoms with Crippen molar-refractivity contribution in [3.05, 3.63) is 63.8 Å². The second-order valence-electron chi connectivity index (χ2n) is 6.19. The standard InChI is InChI=1S/C19H18F3N5O2/c1-11-12(2)26-16(27-17(11)28)13-5-6-15(25-10-13)23-8-9-29-18-14(19(20,21)22)4-3-7-24-18/h3-7,10H,8-9H2,1-2H3,(H,23,25)(H,26,27,28). The zero-order valence-electron chi connectivity index (χ0n) is 15.7. The Kier molecular flexibility index (Phi) is 5.81. The largest absolute Gasteiger partial charge is 0.475 e. The van der Waals surface area contributed by atoms with Crippen LogP contribution in [0.5, 0.6) is 5.88 Å². The summed E-state index contributed by atoms with van der Waals surface area (Å²) in [5.74, 6) is 0.450. The Morgan fingerprint density at radius 1 is 1.17 bits per heavy atom. The summed E-state index contributed by atoms with van der Waals surface area (Å²) in [7, 11) is 0. The molecule has 29 heavy (non-hydrogen) atoms. The van der Waals surface area contributed by atoms with Crippen LogP contribution in [0.3, 0.4) is 0 Å². The maximum Gasteiger partial charge on any atom is 0.421 e. The fourth-order valence-electron chi connectivity index (χ4n) is 2.47. The van der Waals surface area contributed by atoms with E-state index >= 15 is 0 Å². The van der Waals surface area contributed by atoms with Crippen LogP contribution in [-0.2, 0) is 6.18 Å². The lowest BCUT2D eigenvalue weighted by Gasteiger charge is -2.13. The van der Waals surface area contributed by atoms with Crippen molar-refractivity contribution in [1.29, 1.82) is 0 Å². The number of pyridine rings is 2. The van der Waals surface area contributed by atoms with Gasteiger partial charge in [0.1, 0.15) is 23.8 Å². The molecule has 3 aromatic rings. The van der Waals surface area contributed by atoms with E-state index in [1.54, 1.807) is 26.0 Å². The lowest BCUT2D eigenvalue weighted by atomic mass is 10.2. The number of halogens is 3. The summed E-state index contributed by atoms with van der Waals surface area (Å²) in [4.78, 5) is 26.7. The molecule has 0 spiro atoms. The Hall–Kier alpha value is -3.43. The van der Waals surface area contributed by atoms with E-state index in [9.17, 15) is 18.0 Å². The van der Waals surface area contributed by atoms with Gasteiger partial charge < -0.3 is 15.0 Å². The number of H-pyrrole nitrogens is 1. The van der Waals surface area contributed by atoms with Gasteiger partial charge in [0.05, 0.1) is 6.54 Å². The molecule has 3 heterocycles. The number of nitrogens with zero attached hydrogens (tertiary/aromatic N) is 3. The third kappa shape index (κ3) is 4.89. The molecule has 0 saturated heterocycles. The summed E-state index contributed by atoms with van der Waals surface area (Å²) >= 11 is 0. The van der Waals surface area contributed by atoms with Crippen molar-refractivity contribution < 1.29 is 17.9 Å². The number of hydrogen-bond acceptors (Lipinski definition) is 6. The van der Waals surface area contributed by atoms with Gasteiger partial charge in [-0.15, -0.1) is 0 Å². The first-order valence-corrected chi connectivity index (χ1v) is 8.68. The Morgan fingerprint density at radius 2 is 1.97 bits per heavy atom. The number of alkyl halides is 3. The van der Waals surface area contributed by atoms with Gasteiger partial charge in [0.15, 0.2) is 0 Å². The summed E-state index contributed by atoms with van der Waals surface area (Å²) in [5, 5.41) is 2.95. The Balaban J connectivity index is 1.59. The van der Waals surface area contributed by atoms with E-state index in [4.69, 9.17) is 4.74 Å². The molecule has 0 amide bonds. The third-order valence-corrected chi connectivity index (χ3v) is 4.16. The van der Waals surface area contributed by atoms with Gasteiger partial charge in [0.25, 0.3) is 5.56 Å². The molecule has 3 aromatic heterocycles. The first-order valence-electron chi connectivity index (χ1n) is 8.68. The summed E-state index contributed by atoms with van der Waals surface area (Å²) in [6, 6.07) is 5.52. The van der Waals surface area contributed by atoms with E-state index in [-0.39, 0.29) is 18.7 Å². The normalized spacial score (nSPS) is 11.3. The lowest BCUT2D eigenvalue weighted by molar-refractivity contribution is -0.139. The predicted molar refractivity (Wildman–Crippen MR) is 101 cm³/mol. The number of aromatic amines is 1. The molecule has 0 aliphatic heterocycles. The van der Waals surface area contributed by atoms with Gasteiger partial charge in [-0.05, 0) is 38.1 Å². The first kappa shape index (κ1) is 20.3. The monoisotopic (exact) mass is 405 g/mol. The van der Waals surface area contributed by atoms with Gasteiger partial charge in [-0.25, -0.2) is 15.0 Å². The van der Waals surface area contributed by atoms with Gasteiger partial charge in [-0.3, -0.25) is 4.79 Å². The SMILES string of the molecule is Cc1nc(-c2ccc(NCCOc3ncccc3C(F)(F)F)nc2)[nH]c(=O)c1C. The van der Waals surface area contributed by atoms with Gasteiger partial charge in [-0.1, -0.05) is 0 Å². The molecular formula is C19H18F3N5O2. The Labute approximate surface area is 164 Å². The summed E-state index contributed by atoms with van der Waals surface area (Å²) in [5.41, 5.74) is 0.699. The molecule has 0 radical (unpaired) electrons. The topological polar surface area (TPSA) is 92.8 Å². The molecular weight excluding hydrogens is 387 g/mol. The molecule has 0 atom stereocenters. The number of rotatable bonds is 6. The number of ether oxygens (including phenoxy) is 1. The van der Waals surface area contributed by atoms with Crippen molar-refractivity contribution in [2.75, 3.05) is 18.5 Å². The fraction of sp³-hybridized carbons (Fsp3) is 0.263. The van der Waals surface area contributed by atoms with Crippen molar-refractivity contribution in [2.24, 2.45) is 0 Å². The highest BCUT2D eigenvalue weighted by molar-refractivity contribution is 5.56. The number of aryl methyl sites for hydroxylation is 1. The maximum atomic E-state index is 12.9. The van der Waals surface area contributed by atoms with Crippen molar-refractivity contribution >= 4 is 5.82 Å². The lowest BCUT2D eigenvalue weighted by Crippen LogP contribution is -2.16. The molecule has 0 aromatic carbocycles. The minimum absolute atomic E-state index is 0.0322. The van der Waals surface area contributed by atoms with E-state index in [2.05, 4.69) is 25.3 Å². The molecule has 3 rings (SSSR count). The second kappa shape index (κ2) is 8.29. The van der Waals surface area contributed by atoms with Crippen LogP contribution in [0.4, 0.5) is 19.0 Å². The molecule has 0 unspecified atom stereocenters. The molecule has 0 saturated carbocycles. The molecule has 2 N–H and O–H groups in total. The third-order valence-electron chi connectivity index (χ3n) is 4.16. The van der Waals surface area contributed by atoms with E-state index in [0.29, 0.717) is 28.5 Å². The average Bonchev–Trinajstić information content (AvgIpc) is 2.69. The minimum Gasteiger partial charge on any atom is -0.475 e. The van der Waals surface area contributed by atoms with Crippen LogP contribution in [0.2, 0.25) is 0 Å². The molecule has 0 fully saturated rings. The highest BCUT2D eigenvalue weighted by Crippen LogP contribution is 2.34. The molecule has 0 aliphatic rings. The van der Waals surface area contributed by atoms with Crippen LogP contribution in [0.1, 0.15) is 16.8 Å². The van der Waals surface area contributed by atoms with E-state index in [0.717, 1.165) is 6.07 Å². The van der Waals surface area contributed by atoms with Crippen LogP contribution in [-0.4, -0.2) is 33.1 Å². The fourth-order valence-corrected chi connectivity index (χ4v) is 2.47. The van der Waals surface area contributed by atoms with Gasteiger partial charge >= 0.3 is 6.18 Å². The van der Waals surface area contributed by atoms with E-state index in [1.165, 1.54) is 18.5 Å². The molecule has 10 heteroatoms.